The number of hydrogen-bond acceptors (Lipinski definition) is 4. The summed E-state index contributed by atoms with van der Waals surface area (Å²) in [6, 6.07) is 0.363. The van der Waals surface area contributed by atoms with Crippen molar-refractivity contribution in [3.05, 3.63) is 23.4 Å². The number of piperidine rings is 3. The van der Waals surface area contributed by atoms with Crippen LogP contribution < -0.4 is 5.32 Å². The zero-order chi connectivity index (χ0) is 13.4. The maximum absolute atomic E-state index is 11.6. The Kier molecular flexibility index (Phi) is 3.35. The Bertz CT molecular complexity index is 433. The van der Waals surface area contributed by atoms with Crippen LogP contribution in [0.3, 0.4) is 0 Å². The van der Waals surface area contributed by atoms with Crippen LogP contribution in [0.4, 0.5) is 0 Å². The monoisotopic (exact) mass is 262 g/mol. The second-order valence-electron chi connectivity index (χ2n) is 5.89. The van der Waals surface area contributed by atoms with E-state index in [1.54, 1.807) is 0 Å². The summed E-state index contributed by atoms with van der Waals surface area (Å²) in [4.78, 5) is 14.2. The van der Waals surface area contributed by atoms with Crippen molar-refractivity contribution < 1.29 is 9.53 Å². The molecular formula is C15H22N2O2. The molecule has 3 saturated heterocycles. The van der Waals surface area contributed by atoms with Crippen LogP contribution in [0, 0.1) is 11.8 Å². The Morgan fingerprint density at radius 3 is 2.68 bits per heavy atom. The first-order chi connectivity index (χ1) is 9.19. The van der Waals surface area contributed by atoms with Gasteiger partial charge in [0, 0.05) is 18.8 Å². The lowest BCUT2D eigenvalue weighted by molar-refractivity contribution is -0.135. The number of hydrogen-bond donors (Lipinski definition) is 1. The zero-order valence-electron chi connectivity index (χ0n) is 11.7. The lowest BCUT2D eigenvalue weighted by Gasteiger charge is -2.47. The number of fused-ring (bicyclic) bond motifs is 3. The van der Waals surface area contributed by atoms with E-state index in [0.29, 0.717) is 17.5 Å². The van der Waals surface area contributed by atoms with Crippen LogP contribution in [-0.4, -0.2) is 43.7 Å². The largest absolute Gasteiger partial charge is 0.465 e. The normalized spacial score (nSPS) is 37.2. The van der Waals surface area contributed by atoms with Crippen LogP contribution in [0.5, 0.6) is 0 Å². The highest BCUT2D eigenvalue weighted by Crippen LogP contribution is 2.36. The van der Waals surface area contributed by atoms with Crippen molar-refractivity contribution in [2.75, 3.05) is 26.7 Å². The lowest BCUT2D eigenvalue weighted by atomic mass is 9.74. The summed E-state index contributed by atoms with van der Waals surface area (Å²) >= 11 is 0. The molecule has 104 valence electrons. The second kappa shape index (κ2) is 5.00. The molecule has 4 rings (SSSR count). The van der Waals surface area contributed by atoms with Gasteiger partial charge in [-0.2, -0.15) is 0 Å². The molecule has 2 unspecified atom stereocenters. The van der Waals surface area contributed by atoms with Gasteiger partial charge < -0.3 is 15.0 Å². The molecule has 19 heavy (non-hydrogen) atoms. The van der Waals surface area contributed by atoms with Gasteiger partial charge in [0.15, 0.2) is 0 Å². The predicted octanol–water partition coefficient (Wildman–Crippen LogP) is 1.30. The van der Waals surface area contributed by atoms with Gasteiger partial charge in [-0.1, -0.05) is 6.08 Å². The topological polar surface area (TPSA) is 41.6 Å². The highest BCUT2D eigenvalue weighted by atomic mass is 16.5. The Hall–Kier alpha value is -1.29. The van der Waals surface area contributed by atoms with Crippen LogP contribution in [0.15, 0.2) is 23.4 Å². The molecule has 0 amide bonds. The standard InChI is InChI=1S/C15H22N2O2/c1-10-7-14(16-8-12(10)15(18)19-2)13-9-17-5-3-11(13)4-6-17/h7-8,11,13-14,16H,3-6,9H2,1-2H3. The van der Waals surface area contributed by atoms with Crippen LogP contribution >= 0.6 is 0 Å². The van der Waals surface area contributed by atoms with Gasteiger partial charge in [0.1, 0.15) is 0 Å². The minimum absolute atomic E-state index is 0.256. The van der Waals surface area contributed by atoms with E-state index < -0.39 is 0 Å². The maximum atomic E-state index is 11.6. The third kappa shape index (κ3) is 2.29. The van der Waals surface area contributed by atoms with Crippen molar-refractivity contribution in [2.45, 2.75) is 25.8 Å². The fourth-order valence-electron chi connectivity index (χ4n) is 3.70. The fourth-order valence-corrected chi connectivity index (χ4v) is 3.70. The van der Waals surface area contributed by atoms with Crippen molar-refractivity contribution in [3.8, 4) is 0 Å². The van der Waals surface area contributed by atoms with Gasteiger partial charge in [-0.15, -0.1) is 0 Å². The Morgan fingerprint density at radius 2 is 2.16 bits per heavy atom. The third-order valence-corrected chi connectivity index (χ3v) is 4.85. The molecule has 2 bridgehead atoms. The number of dihydropyridines is 1. The van der Waals surface area contributed by atoms with Gasteiger partial charge in [0.05, 0.1) is 12.7 Å². The molecule has 4 aliphatic rings. The quantitative estimate of drug-likeness (QED) is 0.762. The highest BCUT2D eigenvalue weighted by Gasteiger charge is 2.38. The fraction of sp³-hybridized carbons (Fsp3) is 0.667. The minimum Gasteiger partial charge on any atom is -0.465 e. The lowest BCUT2D eigenvalue weighted by Crippen LogP contribution is -2.53. The first-order valence-corrected chi connectivity index (χ1v) is 7.14. The van der Waals surface area contributed by atoms with E-state index in [0.717, 1.165) is 11.5 Å². The summed E-state index contributed by atoms with van der Waals surface area (Å²) in [6.45, 7) is 5.71. The zero-order valence-corrected chi connectivity index (χ0v) is 11.7. The highest BCUT2D eigenvalue weighted by molar-refractivity contribution is 5.93. The number of rotatable bonds is 2. The molecule has 2 atom stereocenters. The number of methoxy groups -OCH3 is 1. The summed E-state index contributed by atoms with van der Waals surface area (Å²) in [5, 5.41) is 3.40. The van der Waals surface area contributed by atoms with E-state index in [9.17, 15) is 4.79 Å². The molecule has 4 nitrogen and oxygen atoms in total. The summed E-state index contributed by atoms with van der Waals surface area (Å²) in [5.74, 6) is 1.25. The van der Waals surface area contributed by atoms with Gasteiger partial charge in [-0.3, -0.25) is 0 Å². The molecule has 0 aliphatic carbocycles. The molecule has 0 aromatic heterocycles. The Morgan fingerprint density at radius 1 is 1.42 bits per heavy atom. The van der Waals surface area contributed by atoms with Gasteiger partial charge in [-0.05, 0) is 50.3 Å². The van der Waals surface area contributed by atoms with Crippen molar-refractivity contribution >= 4 is 5.97 Å². The first kappa shape index (κ1) is 12.7. The number of nitrogens with one attached hydrogen (secondary N) is 1. The van der Waals surface area contributed by atoms with Crippen LogP contribution in [0.1, 0.15) is 19.8 Å². The Labute approximate surface area is 114 Å². The van der Waals surface area contributed by atoms with E-state index in [4.69, 9.17) is 4.74 Å². The average molecular weight is 262 g/mol. The summed E-state index contributed by atoms with van der Waals surface area (Å²) in [5.41, 5.74) is 1.69. The molecule has 4 heterocycles. The molecule has 0 aromatic carbocycles. The maximum Gasteiger partial charge on any atom is 0.339 e. The Balaban J connectivity index is 1.72. The predicted molar refractivity (Wildman–Crippen MR) is 73.4 cm³/mol. The van der Waals surface area contributed by atoms with E-state index in [1.807, 2.05) is 13.1 Å². The molecule has 4 heteroatoms. The van der Waals surface area contributed by atoms with Crippen molar-refractivity contribution in [1.82, 2.24) is 10.2 Å². The van der Waals surface area contributed by atoms with E-state index in [1.165, 1.54) is 39.6 Å². The van der Waals surface area contributed by atoms with Gasteiger partial charge in [-0.25, -0.2) is 4.79 Å². The van der Waals surface area contributed by atoms with E-state index in [-0.39, 0.29) is 5.97 Å². The van der Waals surface area contributed by atoms with Gasteiger partial charge in [0.25, 0.3) is 0 Å². The number of esters is 1. The molecule has 0 radical (unpaired) electrons. The number of carbonyl (C=O) groups excluding carboxylic acids is 1. The minimum atomic E-state index is -0.256. The van der Waals surface area contributed by atoms with Crippen molar-refractivity contribution in [2.24, 2.45) is 11.8 Å². The van der Waals surface area contributed by atoms with Crippen LogP contribution in [0.2, 0.25) is 0 Å². The summed E-state index contributed by atoms with van der Waals surface area (Å²) < 4.78 is 4.79. The number of nitrogens with zero attached hydrogens (tertiary/aromatic N) is 1. The van der Waals surface area contributed by atoms with Crippen molar-refractivity contribution in [3.63, 3.8) is 0 Å². The smallest absolute Gasteiger partial charge is 0.339 e. The van der Waals surface area contributed by atoms with Gasteiger partial charge in [0.2, 0.25) is 0 Å². The summed E-state index contributed by atoms with van der Waals surface area (Å²) in [7, 11) is 1.43. The van der Waals surface area contributed by atoms with E-state index >= 15 is 0 Å². The number of carbonyl (C=O) groups is 1. The molecule has 4 aliphatic heterocycles. The number of ether oxygens (including phenoxy) is 1. The molecular weight excluding hydrogens is 240 g/mol. The summed E-state index contributed by atoms with van der Waals surface area (Å²) in [6.07, 6.45) is 6.69. The second-order valence-corrected chi connectivity index (χ2v) is 5.89. The molecule has 0 saturated carbocycles. The molecule has 3 fully saturated rings. The molecule has 0 spiro atoms. The van der Waals surface area contributed by atoms with Crippen LogP contribution in [-0.2, 0) is 9.53 Å². The van der Waals surface area contributed by atoms with Crippen molar-refractivity contribution in [1.29, 1.82) is 0 Å². The SMILES string of the molecule is COC(=O)C1=CNC(C2CN3CCC2CC3)C=C1C. The first-order valence-electron chi connectivity index (χ1n) is 7.14. The third-order valence-electron chi connectivity index (χ3n) is 4.85. The molecule has 0 aromatic rings. The van der Waals surface area contributed by atoms with Crippen LogP contribution in [0.25, 0.3) is 0 Å². The average Bonchev–Trinajstić information content (AvgIpc) is 2.47. The van der Waals surface area contributed by atoms with Gasteiger partial charge >= 0.3 is 5.97 Å². The molecule has 1 N–H and O–H groups in total. The van der Waals surface area contributed by atoms with E-state index in [2.05, 4.69) is 16.3 Å².